The number of urea groups is 1. The highest BCUT2D eigenvalue weighted by molar-refractivity contribution is 6.20. The van der Waals surface area contributed by atoms with Crippen LogP contribution in [0.1, 0.15) is 18.4 Å². The zero-order valence-corrected chi connectivity index (χ0v) is 13.8. The van der Waals surface area contributed by atoms with Gasteiger partial charge in [-0.05, 0) is 43.0 Å². The maximum atomic E-state index is 13.1. The number of nitrogens with zero attached hydrogens (tertiary/aromatic N) is 3. The van der Waals surface area contributed by atoms with Crippen molar-refractivity contribution in [1.82, 2.24) is 9.80 Å². The monoisotopic (exact) mass is 328 g/mol. The number of fused-ring (bicyclic) bond motifs is 4. The Kier molecular flexibility index (Phi) is 2.95. The molecule has 4 amide bonds. The van der Waals surface area contributed by atoms with Crippen molar-refractivity contribution < 1.29 is 14.4 Å². The smallest absolute Gasteiger partial charge is 0.332 e. The summed E-state index contributed by atoms with van der Waals surface area (Å²) in [6.07, 6.45) is 1.96. The van der Waals surface area contributed by atoms with Crippen LogP contribution in [-0.2, 0) is 16.0 Å². The van der Waals surface area contributed by atoms with Crippen molar-refractivity contribution in [3.8, 4) is 0 Å². The normalized spacial score (nSPS) is 25.3. The molecule has 0 aliphatic carbocycles. The van der Waals surface area contributed by atoms with Gasteiger partial charge in [0.2, 0.25) is 11.8 Å². The van der Waals surface area contributed by atoms with Crippen LogP contribution in [0.25, 0.3) is 0 Å². The largest absolute Gasteiger partial charge is 0.399 e. The average molecular weight is 328 g/mol. The predicted molar refractivity (Wildman–Crippen MR) is 88.3 cm³/mol. The topological polar surface area (TPSA) is 86.9 Å². The van der Waals surface area contributed by atoms with Crippen LogP contribution in [-0.4, -0.2) is 54.3 Å². The molecule has 2 N–H and O–H groups in total. The highest BCUT2D eigenvalue weighted by Crippen LogP contribution is 2.49. The second kappa shape index (κ2) is 4.72. The zero-order valence-electron chi connectivity index (χ0n) is 13.8. The lowest BCUT2D eigenvalue weighted by Gasteiger charge is -2.50. The van der Waals surface area contributed by atoms with E-state index in [4.69, 9.17) is 5.73 Å². The number of barbiturate groups is 1. The van der Waals surface area contributed by atoms with Gasteiger partial charge in [0, 0.05) is 32.0 Å². The molecule has 126 valence electrons. The Morgan fingerprint density at radius 2 is 1.79 bits per heavy atom. The standard InChI is InChI=1S/C17H20N4O3/c1-19-14(22)17(15(23)20(2)16(19)24)9-10-8-11(18)5-6-12(10)21-7-3-4-13(17)21/h5-6,8,13H,3-4,7,9,18H2,1-2H3/t13-/m0/s1. The number of imide groups is 2. The minimum atomic E-state index is -1.24. The molecule has 2 saturated heterocycles. The van der Waals surface area contributed by atoms with Gasteiger partial charge in [0.25, 0.3) is 0 Å². The fraction of sp³-hybridized carbons (Fsp3) is 0.471. The molecule has 24 heavy (non-hydrogen) atoms. The van der Waals surface area contributed by atoms with E-state index >= 15 is 0 Å². The van der Waals surface area contributed by atoms with Gasteiger partial charge in [0.1, 0.15) is 0 Å². The highest BCUT2D eigenvalue weighted by Gasteiger charge is 2.63. The first kappa shape index (κ1) is 15.0. The summed E-state index contributed by atoms with van der Waals surface area (Å²) >= 11 is 0. The second-order valence-electron chi connectivity index (χ2n) is 6.90. The molecule has 1 spiro atoms. The number of anilines is 2. The molecule has 0 saturated carbocycles. The van der Waals surface area contributed by atoms with Crippen molar-refractivity contribution in [3.05, 3.63) is 23.8 Å². The van der Waals surface area contributed by atoms with Crippen LogP contribution in [0.2, 0.25) is 0 Å². The van der Waals surface area contributed by atoms with E-state index in [1.165, 1.54) is 14.1 Å². The Morgan fingerprint density at radius 1 is 1.12 bits per heavy atom. The Labute approximate surface area is 140 Å². The average Bonchev–Trinajstić information content (AvgIpc) is 3.06. The first-order valence-corrected chi connectivity index (χ1v) is 8.13. The van der Waals surface area contributed by atoms with E-state index in [0.29, 0.717) is 5.69 Å². The third-order valence-corrected chi connectivity index (χ3v) is 5.65. The van der Waals surface area contributed by atoms with Gasteiger partial charge in [0.15, 0.2) is 5.41 Å². The summed E-state index contributed by atoms with van der Waals surface area (Å²) in [6.45, 7) is 0.797. The number of carbonyl (C=O) groups is 3. The summed E-state index contributed by atoms with van der Waals surface area (Å²) in [6, 6.07) is 4.86. The number of amides is 4. The van der Waals surface area contributed by atoms with Crippen molar-refractivity contribution in [3.63, 3.8) is 0 Å². The lowest BCUT2D eigenvalue weighted by Crippen LogP contribution is -2.70. The predicted octanol–water partition coefficient (Wildman–Crippen LogP) is 0.830. The maximum absolute atomic E-state index is 13.1. The van der Waals surface area contributed by atoms with E-state index < -0.39 is 23.3 Å². The molecular formula is C17H20N4O3. The van der Waals surface area contributed by atoms with Crippen LogP contribution in [0.15, 0.2) is 18.2 Å². The second-order valence-corrected chi connectivity index (χ2v) is 6.90. The molecule has 4 rings (SSSR count). The van der Waals surface area contributed by atoms with Crippen LogP contribution in [0.5, 0.6) is 0 Å². The molecule has 0 radical (unpaired) electrons. The molecule has 0 aromatic heterocycles. The van der Waals surface area contributed by atoms with Crippen molar-refractivity contribution in [2.24, 2.45) is 5.41 Å². The minimum Gasteiger partial charge on any atom is -0.399 e. The van der Waals surface area contributed by atoms with E-state index in [1.54, 1.807) is 0 Å². The number of hydrogen-bond donors (Lipinski definition) is 1. The molecule has 1 aromatic carbocycles. The summed E-state index contributed by atoms with van der Waals surface area (Å²) in [4.78, 5) is 42.7. The highest BCUT2D eigenvalue weighted by atomic mass is 16.2. The van der Waals surface area contributed by atoms with Gasteiger partial charge < -0.3 is 10.6 Å². The Hall–Kier alpha value is -2.57. The summed E-state index contributed by atoms with van der Waals surface area (Å²) in [5.41, 5.74) is 7.22. The Morgan fingerprint density at radius 3 is 2.46 bits per heavy atom. The number of carbonyl (C=O) groups excluding carboxylic acids is 3. The molecule has 1 atom stereocenters. The van der Waals surface area contributed by atoms with Crippen molar-refractivity contribution in [2.75, 3.05) is 31.3 Å². The summed E-state index contributed by atoms with van der Waals surface area (Å²) in [5, 5.41) is 0. The molecule has 1 aromatic rings. The Bertz CT molecular complexity index is 751. The molecular weight excluding hydrogens is 308 g/mol. The lowest BCUT2D eigenvalue weighted by molar-refractivity contribution is -0.159. The first-order valence-electron chi connectivity index (χ1n) is 8.13. The minimum absolute atomic E-state index is 0.216. The number of hydrogen-bond acceptors (Lipinski definition) is 5. The Balaban J connectivity index is 1.92. The first-order chi connectivity index (χ1) is 11.4. The lowest BCUT2D eigenvalue weighted by atomic mass is 9.68. The van der Waals surface area contributed by atoms with Gasteiger partial charge in [-0.15, -0.1) is 0 Å². The third-order valence-electron chi connectivity index (χ3n) is 5.65. The van der Waals surface area contributed by atoms with Crippen molar-refractivity contribution in [1.29, 1.82) is 0 Å². The van der Waals surface area contributed by atoms with Gasteiger partial charge in [-0.1, -0.05) is 0 Å². The fourth-order valence-corrected chi connectivity index (χ4v) is 4.54. The molecule has 2 fully saturated rings. The van der Waals surface area contributed by atoms with Gasteiger partial charge in [-0.2, -0.15) is 0 Å². The maximum Gasteiger partial charge on any atom is 0.332 e. The quantitative estimate of drug-likeness (QED) is 0.563. The van der Waals surface area contributed by atoms with E-state index in [0.717, 1.165) is 40.4 Å². The number of rotatable bonds is 0. The molecule has 3 aliphatic heterocycles. The summed E-state index contributed by atoms with van der Waals surface area (Å²) in [5.74, 6) is -0.804. The van der Waals surface area contributed by atoms with Crippen molar-refractivity contribution in [2.45, 2.75) is 25.3 Å². The molecule has 0 unspecified atom stereocenters. The molecule has 0 bridgehead atoms. The molecule has 7 nitrogen and oxygen atoms in total. The van der Waals surface area contributed by atoms with Crippen LogP contribution in [0, 0.1) is 5.41 Å². The zero-order chi connectivity index (χ0) is 17.2. The summed E-state index contributed by atoms with van der Waals surface area (Å²) in [7, 11) is 2.90. The SMILES string of the molecule is CN1C(=O)N(C)C(=O)C2(Cc3cc(N)ccc3N3CCC[C@H]32)C1=O. The van der Waals surface area contributed by atoms with E-state index in [1.807, 2.05) is 18.2 Å². The molecule has 7 heteroatoms. The van der Waals surface area contributed by atoms with Gasteiger partial charge in [-0.25, -0.2) is 4.79 Å². The number of nitrogens with two attached hydrogens (primary N) is 1. The number of benzene rings is 1. The van der Waals surface area contributed by atoms with Crippen LogP contribution in [0.4, 0.5) is 16.2 Å². The third kappa shape index (κ3) is 1.64. The van der Waals surface area contributed by atoms with Crippen LogP contribution in [0.3, 0.4) is 0 Å². The molecule has 3 aliphatic rings. The van der Waals surface area contributed by atoms with E-state index in [2.05, 4.69) is 4.90 Å². The van der Waals surface area contributed by atoms with Crippen molar-refractivity contribution >= 4 is 29.2 Å². The fourth-order valence-electron chi connectivity index (χ4n) is 4.54. The summed E-state index contributed by atoms with van der Waals surface area (Å²) < 4.78 is 0. The van der Waals surface area contributed by atoms with E-state index in [-0.39, 0.29) is 12.5 Å². The van der Waals surface area contributed by atoms with Crippen LogP contribution < -0.4 is 10.6 Å². The van der Waals surface area contributed by atoms with Crippen LogP contribution >= 0.6 is 0 Å². The number of nitrogen functional groups attached to an aromatic ring is 1. The van der Waals surface area contributed by atoms with Gasteiger partial charge in [-0.3, -0.25) is 19.4 Å². The van der Waals surface area contributed by atoms with Gasteiger partial charge >= 0.3 is 6.03 Å². The van der Waals surface area contributed by atoms with Gasteiger partial charge in [0.05, 0.1) is 6.04 Å². The van der Waals surface area contributed by atoms with E-state index in [9.17, 15) is 14.4 Å². The molecule has 3 heterocycles.